The number of benzene rings is 1. The number of Topliss-reactive ketones (excluding diaryl/α,β-unsaturated/α-hetero) is 1. The van der Waals surface area contributed by atoms with Crippen LogP contribution in [0.2, 0.25) is 0 Å². The van der Waals surface area contributed by atoms with E-state index in [2.05, 4.69) is 4.90 Å². The molecule has 1 atom stereocenters. The van der Waals surface area contributed by atoms with Crippen LogP contribution >= 0.6 is 0 Å². The summed E-state index contributed by atoms with van der Waals surface area (Å²) < 4.78 is 13.0. The van der Waals surface area contributed by atoms with Gasteiger partial charge >= 0.3 is 5.97 Å². The van der Waals surface area contributed by atoms with E-state index in [9.17, 15) is 9.59 Å². The van der Waals surface area contributed by atoms with Gasteiger partial charge in [-0.1, -0.05) is 30.3 Å². The fraction of sp³-hybridized carbons (Fsp3) is 0.429. The maximum absolute atomic E-state index is 12.9. The first-order valence-corrected chi connectivity index (χ1v) is 9.34. The molecule has 0 fully saturated rings. The normalized spacial score (nSPS) is 16.3. The Hall–Kier alpha value is -2.60. The quantitative estimate of drug-likeness (QED) is 0.553. The Morgan fingerprint density at radius 1 is 1.22 bits per heavy atom. The van der Waals surface area contributed by atoms with E-state index in [1.807, 2.05) is 54.8 Å². The lowest BCUT2D eigenvalue weighted by molar-refractivity contribution is -0.145. The topological polar surface area (TPSA) is 60.8 Å². The van der Waals surface area contributed by atoms with Crippen molar-refractivity contribution in [3.8, 4) is 0 Å². The van der Waals surface area contributed by atoms with Crippen LogP contribution in [-0.4, -0.2) is 36.0 Å². The Balaban J connectivity index is 1.81. The molecule has 1 unspecified atom stereocenters. The van der Waals surface area contributed by atoms with Gasteiger partial charge in [0.1, 0.15) is 18.5 Å². The summed E-state index contributed by atoms with van der Waals surface area (Å²) in [4.78, 5) is 27.1. The molecule has 0 bridgehead atoms. The lowest BCUT2D eigenvalue weighted by atomic mass is 9.94. The highest BCUT2D eigenvalue weighted by Gasteiger charge is 2.39. The van der Waals surface area contributed by atoms with Gasteiger partial charge in [0, 0.05) is 18.8 Å². The molecule has 27 heavy (non-hydrogen) atoms. The monoisotopic (exact) mass is 370 g/mol. The maximum atomic E-state index is 12.9. The number of anilines is 1. The van der Waals surface area contributed by atoms with E-state index in [1.165, 1.54) is 0 Å². The number of aromatic nitrogens is 1. The minimum atomic E-state index is -0.766. The molecule has 0 aliphatic carbocycles. The van der Waals surface area contributed by atoms with Crippen LogP contribution in [0.3, 0.4) is 0 Å². The second-order valence-corrected chi connectivity index (χ2v) is 6.62. The average molecular weight is 370 g/mol. The van der Waals surface area contributed by atoms with Gasteiger partial charge in [0.25, 0.3) is 0 Å². The number of hydrogen-bond acceptors (Lipinski definition) is 5. The average Bonchev–Trinajstić information content (AvgIpc) is 3.00. The SMILES string of the molecule is CCOC(=O)C1CN(CC)c2c(cc(C)n2COCc2ccccc2)C1=O. The van der Waals surface area contributed by atoms with Crippen molar-refractivity contribution in [3.05, 3.63) is 53.2 Å². The van der Waals surface area contributed by atoms with E-state index in [0.717, 1.165) is 17.1 Å². The van der Waals surface area contributed by atoms with Crippen LogP contribution in [0.4, 0.5) is 5.82 Å². The van der Waals surface area contributed by atoms with E-state index < -0.39 is 11.9 Å². The fourth-order valence-corrected chi connectivity index (χ4v) is 3.46. The van der Waals surface area contributed by atoms with E-state index in [4.69, 9.17) is 9.47 Å². The molecular formula is C21H26N2O4. The predicted molar refractivity (Wildman–Crippen MR) is 103 cm³/mol. The molecule has 2 heterocycles. The fourth-order valence-electron chi connectivity index (χ4n) is 3.46. The number of aryl methyl sites for hydroxylation is 1. The molecule has 0 amide bonds. The summed E-state index contributed by atoms with van der Waals surface area (Å²) >= 11 is 0. The third kappa shape index (κ3) is 3.90. The van der Waals surface area contributed by atoms with Crippen LogP contribution in [0.25, 0.3) is 0 Å². The molecular weight excluding hydrogens is 344 g/mol. The summed E-state index contributed by atoms with van der Waals surface area (Å²) in [5.41, 5.74) is 2.60. The first-order valence-electron chi connectivity index (χ1n) is 9.34. The summed E-state index contributed by atoms with van der Waals surface area (Å²) in [7, 11) is 0. The zero-order chi connectivity index (χ0) is 19.4. The van der Waals surface area contributed by atoms with Gasteiger partial charge in [-0.15, -0.1) is 0 Å². The van der Waals surface area contributed by atoms with E-state index in [0.29, 0.717) is 32.0 Å². The van der Waals surface area contributed by atoms with Gasteiger partial charge in [-0.25, -0.2) is 0 Å². The molecule has 6 heteroatoms. The number of rotatable bonds is 7. The molecule has 2 aromatic rings. The van der Waals surface area contributed by atoms with Gasteiger partial charge < -0.3 is 18.9 Å². The van der Waals surface area contributed by atoms with Gasteiger partial charge in [-0.3, -0.25) is 9.59 Å². The molecule has 0 saturated carbocycles. The molecule has 0 N–H and O–H groups in total. The Labute approximate surface area is 159 Å². The van der Waals surface area contributed by atoms with Crippen LogP contribution in [0, 0.1) is 12.8 Å². The molecule has 1 aliphatic rings. The van der Waals surface area contributed by atoms with Crippen molar-refractivity contribution in [1.29, 1.82) is 0 Å². The van der Waals surface area contributed by atoms with Gasteiger partial charge in [-0.05, 0) is 32.4 Å². The van der Waals surface area contributed by atoms with Gasteiger partial charge in [-0.2, -0.15) is 0 Å². The first kappa shape index (κ1) is 19.2. The number of carbonyl (C=O) groups is 2. The molecule has 3 rings (SSSR count). The molecule has 1 aromatic heterocycles. The third-order valence-corrected chi connectivity index (χ3v) is 4.84. The number of ether oxygens (including phenoxy) is 2. The largest absolute Gasteiger partial charge is 0.465 e. The molecule has 0 radical (unpaired) electrons. The Morgan fingerprint density at radius 3 is 2.63 bits per heavy atom. The van der Waals surface area contributed by atoms with Gasteiger partial charge in [0.15, 0.2) is 5.78 Å². The maximum Gasteiger partial charge on any atom is 0.318 e. The third-order valence-electron chi connectivity index (χ3n) is 4.84. The Bertz CT molecular complexity index is 813. The second kappa shape index (κ2) is 8.39. The van der Waals surface area contributed by atoms with E-state index in [1.54, 1.807) is 6.92 Å². The highest BCUT2D eigenvalue weighted by atomic mass is 16.5. The Kier molecular flexibility index (Phi) is 5.96. The number of nitrogens with zero attached hydrogens (tertiary/aromatic N) is 2. The lowest BCUT2D eigenvalue weighted by Gasteiger charge is -2.33. The zero-order valence-corrected chi connectivity index (χ0v) is 16.1. The van der Waals surface area contributed by atoms with Crippen LogP contribution in [0.1, 0.15) is 35.5 Å². The van der Waals surface area contributed by atoms with Crippen LogP contribution in [0.5, 0.6) is 0 Å². The number of esters is 1. The molecule has 1 aliphatic heterocycles. The first-order chi connectivity index (χ1) is 13.1. The zero-order valence-electron chi connectivity index (χ0n) is 16.1. The van der Waals surface area contributed by atoms with Crippen molar-refractivity contribution in [3.63, 3.8) is 0 Å². The standard InChI is InChI=1S/C21H26N2O4/c1-4-22-12-18(21(25)27-5-2)19(24)17-11-15(3)23(20(17)22)14-26-13-16-9-7-6-8-10-16/h6-11,18H,4-5,12-14H2,1-3H3. The molecule has 0 spiro atoms. The highest BCUT2D eigenvalue weighted by Crippen LogP contribution is 2.33. The van der Waals surface area contributed by atoms with E-state index in [-0.39, 0.29) is 12.4 Å². The number of fused-ring (bicyclic) bond motifs is 1. The highest BCUT2D eigenvalue weighted by molar-refractivity contribution is 6.13. The molecule has 0 saturated heterocycles. The number of ketones is 1. The van der Waals surface area contributed by atoms with Gasteiger partial charge in [0.2, 0.25) is 0 Å². The van der Waals surface area contributed by atoms with Crippen molar-refractivity contribution in [2.75, 3.05) is 24.6 Å². The van der Waals surface area contributed by atoms with Crippen LogP contribution in [0.15, 0.2) is 36.4 Å². The van der Waals surface area contributed by atoms with E-state index >= 15 is 0 Å². The van der Waals surface area contributed by atoms with Crippen molar-refractivity contribution >= 4 is 17.6 Å². The summed E-state index contributed by atoms with van der Waals surface area (Å²) in [6, 6.07) is 11.8. The van der Waals surface area contributed by atoms with Crippen molar-refractivity contribution in [2.24, 2.45) is 5.92 Å². The molecule has 144 valence electrons. The van der Waals surface area contributed by atoms with Crippen molar-refractivity contribution < 1.29 is 19.1 Å². The predicted octanol–water partition coefficient (Wildman–Crippen LogP) is 3.17. The second-order valence-electron chi connectivity index (χ2n) is 6.62. The smallest absolute Gasteiger partial charge is 0.318 e. The van der Waals surface area contributed by atoms with Gasteiger partial charge in [0.05, 0.1) is 18.8 Å². The van der Waals surface area contributed by atoms with Crippen LogP contribution < -0.4 is 4.90 Å². The number of carbonyl (C=O) groups excluding carboxylic acids is 2. The summed E-state index contributed by atoms with van der Waals surface area (Å²) in [6.07, 6.45) is 0. The van der Waals surface area contributed by atoms with Crippen molar-refractivity contribution in [1.82, 2.24) is 4.57 Å². The lowest BCUT2D eigenvalue weighted by Crippen LogP contribution is -2.44. The molecule has 1 aromatic carbocycles. The summed E-state index contributed by atoms with van der Waals surface area (Å²) in [5, 5.41) is 0. The number of hydrogen-bond donors (Lipinski definition) is 0. The molecule has 6 nitrogen and oxygen atoms in total. The van der Waals surface area contributed by atoms with Crippen LogP contribution in [-0.2, 0) is 27.6 Å². The minimum absolute atomic E-state index is 0.168. The Morgan fingerprint density at radius 2 is 1.96 bits per heavy atom. The summed E-state index contributed by atoms with van der Waals surface area (Å²) in [5.74, 6) is -0.554. The minimum Gasteiger partial charge on any atom is -0.465 e. The summed E-state index contributed by atoms with van der Waals surface area (Å²) in [6.45, 7) is 7.86. The van der Waals surface area contributed by atoms with Crippen molar-refractivity contribution in [2.45, 2.75) is 34.1 Å².